The van der Waals surface area contributed by atoms with Crippen molar-refractivity contribution in [3.8, 4) is 16.9 Å². The van der Waals surface area contributed by atoms with Crippen molar-refractivity contribution in [1.29, 1.82) is 0 Å². The monoisotopic (exact) mass is 766 g/mol. The van der Waals surface area contributed by atoms with Gasteiger partial charge in [-0.3, -0.25) is 9.69 Å². The van der Waals surface area contributed by atoms with Crippen LogP contribution in [0.1, 0.15) is 47.4 Å². The lowest BCUT2D eigenvalue weighted by molar-refractivity contribution is -0.154. The Morgan fingerprint density at radius 3 is 2.15 bits per heavy atom. The quantitative estimate of drug-likeness (QED) is 0.0886. The molecule has 1 aliphatic carbocycles. The first-order valence-electron chi connectivity index (χ1n) is 18.1. The zero-order chi connectivity index (χ0) is 38.2. The van der Waals surface area contributed by atoms with Gasteiger partial charge in [-0.25, -0.2) is 9.59 Å². The smallest absolute Gasteiger partial charge is 0.410 e. The lowest BCUT2D eigenvalue weighted by Gasteiger charge is -2.36. The minimum absolute atomic E-state index is 0.124. The summed E-state index contributed by atoms with van der Waals surface area (Å²) >= 11 is 12.6. The molecule has 8 nitrogen and oxygen atoms in total. The molecule has 0 radical (unpaired) electrons. The number of halogens is 2. The number of benzene rings is 4. The number of likely N-dealkylation sites (tertiary alicyclic amines) is 1. The molecule has 1 aliphatic heterocycles. The highest BCUT2D eigenvalue weighted by molar-refractivity contribution is 6.35. The van der Waals surface area contributed by atoms with Crippen LogP contribution in [0.15, 0.2) is 116 Å². The van der Waals surface area contributed by atoms with Crippen molar-refractivity contribution >= 4 is 41.2 Å². The Kier molecular flexibility index (Phi) is 12.8. The van der Waals surface area contributed by atoms with Crippen LogP contribution in [0.25, 0.3) is 11.1 Å². The summed E-state index contributed by atoms with van der Waals surface area (Å²) in [4.78, 5) is 45.3. The molecule has 280 valence electrons. The maximum Gasteiger partial charge on any atom is 0.410 e. The Bertz CT molecular complexity index is 1930. The molecule has 2 amide bonds. The van der Waals surface area contributed by atoms with Gasteiger partial charge in [-0.2, -0.15) is 0 Å². The van der Waals surface area contributed by atoms with Gasteiger partial charge in [0.05, 0.1) is 7.11 Å². The predicted octanol–water partition coefficient (Wildman–Crippen LogP) is 9.28. The van der Waals surface area contributed by atoms with E-state index in [0.29, 0.717) is 47.2 Å². The normalized spacial score (nSPS) is 16.5. The third-order valence-corrected chi connectivity index (χ3v) is 11.0. The van der Waals surface area contributed by atoms with Gasteiger partial charge in [-0.15, -0.1) is 13.2 Å². The second kappa shape index (κ2) is 17.9. The number of amides is 2. The Morgan fingerprint density at radius 2 is 1.54 bits per heavy atom. The number of hydrogen-bond donors (Lipinski definition) is 0. The number of hydrogen-bond acceptors (Lipinski definition) is 6. The number of rotatable bonds is 15. The van der Waals surface area contributed by atoms with Crippen molar-refractivity contribution in [2.75, 3.05) is 26.8 Å². The van der Waals surface area contributed by atoms with Gasteiger partial charge in [0.2, 0.25) is 5.91 Å². The fourth-order valence-corrected chi connectivity index (χ4v) is 8.09. The van der Waals surface area contributed by atoms with Crippen LogP contribution in [-0.4, -0.2) is 66.7 Å². The van der Waals surface area contributed by atoms with E-state index in [0.717, 1.165) is 27.8 Å². The van der Waals surface area contributed by atoms with Gasteiger partial charge >= 0.3 is 12.1 Å². The molecule has 0 N–H and O–H groups in total. The molecule has 10 heteroatoms. The van der Waals surface area contributed by atoms with Crippen LogP contribution in [-0.2, 0) is 32.1 Å². The Labute approximate surface area is 326 Å². The van der Waals surface area contributed by atoms with Crippen LogP contribution in [0.4, 0.5) is 4.79 Å². The van der Waals surface area contributed by atoms with E-state index in [9.17, 15) is 14.4 Å². The summed E-state index contributed by atoms with van der Waals surface area (Å²) in [6, 6.07) is 27.0. The first kappa shape index (κ1) is 38.7. The van der Waals surface area contributed by atoms with Crippen molar-refractivity contribution in [3.05, 3.63) is 149 Å². The number of allylic oxidation sites excluding steroid dienone is 1. The molecule has 3 atom stereocenters. The summed E-state index contributed by atoms with van der Waals surface area (Å²) in [6.07, 6.45) is 4.62. The number of methoxy groups -OCH3 is 1. The van der Waals surface area contributed by atoms with Gasteiger partial charge in [0.25, 0.3) is 0 Å². The number of carbonyl (C=O) groups is 3. The Hall–Kier alpha value is -5.05. The molecule has 0 bridgehead atoms. The molecule has 4 aromatic rings. The Morgan fingerprint density at radius 1 is 0.889 bits per heavy atom. The van der Waals surface area contributed by atoms with Gasteiger partial charge in [0.15, 0.2) is 0 Å². The highest BCUT2D eigenvalue weighted by Gasteiger charge is 2.46. The van der Waals surface area contributed by atoms with E-state index in [-0.39, 0.29) is 43.9 Å². The standard InChI is InChI=1S/C44H44Cl2N2O6/c1-4-6-24-47(40(43(50)52-3)26-29-19-21-31(22-20-29)53-28-37-38(45)17-11-18-39(37)46)42(49)41-30(12-5-2)23-25-48(41)44(51)54-27-36-34-15-9-7-13-32(34)33-14-8-10-16-35(33)36/h4-5,7-11,13-22,30,36,40-41H,1-2,6,12,23-28H2,3H3/t30-,40-,41-/m0/s1. The number of esters is 1. The molecule has 1 saturated heterocycles. The number of fused-ring (bicyclic) bond motifs is 3. The van der Waals surface area contributed by atoms with E-state index in [1.807, 2.05) is 36.4 Å². The minimum Gasteiger partial charge on any atom is -0.489 e. The van der Waals surface area contributed by atoms with Crippen molar-refractivity contribution < 1.29 is 28.6 Å². The number of nitrogens with zero attached hydrogens (tertiary/aromatic N) is 2. The molecule has 6 rings (SSSR count). The van der Waals surface area contributed by atoms with E-state index >= 15 is 0 Å². The van der Waals surface area contributed by atoms with E-state index in [4.69, 9.17) is 37.4 Å². The summed E-state index contributed by atoms with van der Waals surface area (Å²) in [5, 5.41) is 1.03. The lowest BCUT2D eigenvalue weighted by atomic mass is 9.94. The zero-order valence-corrected chi connectivity index (χ0v) is 31.8. The zero-order valence-electron chi connectivity index (χ0n) is 30.3. The maximum absolute atomic E-state index is 14.8. The fourth-order valence-electron chi connectivity index (χ4n) is 7.58. The highest BCUT2D eigenvalue weighted by Crippen LogP contribution is 2.44. The number of carbonyl (C=O) groups excluding carboxylic acids is 3. The number of ether oxygens (including phenoxy) is 3. The second-order valence-electron chi connectivity index (χ2n) is 13.5. The summed E-state index contributed by atoms with van der Waals surface area (Å²) in [6.45, 7) is 8.63. The second-order valence-corrected chi connectivity index (χ2v) is 14.3. The van der Waals surface area contributed by atoms with Crippen molar-refractivity contribution in [3.63, 3.8) is 0 Å². The summed E-state index contributed by atoms with van der Waals surface area (Å²) in [5.74, 6) is -0.654. The Balaban J connectivity index is 1.20. The van der Waals surface area contributed by atoms with Gasteiger partial charge in [0, 0.05) is 41.0 Å². The van der Waals surface area contributed by atoms with E-state index < -0.39 is 24.1 Å². The SMILES string of the molecule is C=CCCN(C(=O)[C@@H]1[C@@H](CC=C)CCN1C(=O)OCC1c2ccccc2-c2ccccc21)[C@@H](Cc1ccc(OCc2c(Cl)cccc2Cl)cc1)C(=O)OC. The minimum atomic E-state index is -0.967. The van der Waals surface area contributed by atoms with E-state index in [1.54, 1.807) is 42.5 Å². The van der Waals surface area contributed by atoms with Crippen LogP contribution in [0.2, 0.25) is 10.0 Å². The van der Waals surface area contributed by atoms with E-state index in [2.05, 4.69) is 37.4 Å². The predicted molar refractivity (Wildman–Crippen MR) is 212 cm³/mol. The topological polar surface area (TPSA) is 85.4 Å². The molecule has 54 heavy (non-hydrogen) atoms. The maximum atomic E-state index is 14.8. The molecule has 2 aliphatic rings. The van der Waals surface area contributed by atoms with Crippen LogP contribution in [0, 0.1) is 5.92 Å². The van der Waals surface area contributed by atoms with Gasteiger partial charge in [-0.05, 0) is 77.3 Å². The molecule has 1 heterocycles. The van der Waals surface area contributed by atoms with Crippen molar-refractivity contribution in [1.82, 2.24) is 9.80 Å². The molecule has 0 saturated carbocycles. The molecule has 0 spiro atoms. The van der Waals surface area contributed by atoms with E-state index in [1.165, 1.54) is 16.9 Å². The van der Waals surface area contributed by atoms with Crippen molar-refractivity contribution in [2.24, 2.45) is 5.92 Å². The summed E-state index contributed by atoms with van der Waals surface area (Å²) in [5.41, 5.74) is 5.93. The first-order valence-corrected chi connectivity index (χ1v) is 18.9. The molecule has 0 unspecified atom stereocenters. The molecule has 4 aromatic carbocycles. The third kappa shape index (κ3) is 8.35. The average Bonchev–Trinajstić information content (AvgIpc) is 3.76. The molecule has 0 aromatic heterocycles. The summed E-state index contributed by atoms with van der Waals surface area (Å²) in [7, 11) is 1.31. The first-order chi connectivity index (χ1) is 26.2. The van der Waals surface area contributed by atoms with Gasteiger partial charge < -0.3 is 19.1 Å². The van der Waals surface area contributed by atoms with Gasteiger partial charge in [0.1, 0.15) is 31.0 Å². The van der Waals surface area contributed by atoms with Gasteiger partial charge in [-0.1, -0.05) is 102 Å². The molecule has 1 fully saturated rings. The van der Waals surface area contributed by atoms with Crippen LogP contribution >= 0.6 is 23.2 Å². The fraction of sp³-hybridized carbons (Fsp3) is 0.295. The average molecular weight is 768 g/mol. The van der Waals surface area contributed by atoms with Crippen LogP contribution in [0.5, 0.6) is 5.75 Å². The lowest BCUT2D eigenvalue weighted by Crippen LogP contribution is -2.56. The largest absolute Gasteiger partial charge is 0.489 e. The molecular weight excluding hydrogens is 723 g/mol. The highest BCUT2D eigenvalue weighted by atomic mass is 35.5. The third-order valence-electron chi connectivity index (χ3n) is 10.3. The van der Waals surface area contributed by atoms with Crippen LogP contribution < -0.4 is 4.74 Å². The summed E-state index contributed by atoms with van der Waals surface area (Å²) < 4.78 is 17.3. The van der Waals surface area contributed by atoms with Crippen LogP contribution in [0.3, 0.4) is 0 Å². The van der Waals surface area contributed by atoms with Crippen molar-refractivity contribution in [2.45, 2.75) is 50.3 Å². The molecular formula is C44H44Cl2N2O6.